The zero-order valence-corrected chi connectivity index (χ0v) is 11.1. The van der Waals surface area contributed by atoms with E-state index in [4.69, 9.17) is 17.3 Å². The summed E-state index contributed by atoms with van der Waals surface area (Å²) in [6.07, 6.45) is 0. The molecule has 0 saturated heterocycles. The number of hydrogen-bond acceptors (Lipinski definition) is 5. The van der Waals surface area contributed by atoms with Crippen LogP contribution in [0.5, 0.6) is 0 Å². The highest BCUT2D eigenvalue weighted by Crippen LogP contribution is 2.08. The van der Waals surface area contributed by atoms with Gasteiger partial charge in [-0.15, -0.1) is 0 Å². The summed E-state index contributed by atoms with van der Waals surface area (Å²) < 4.78 is 0. The van der Waals surface area contributed by atoms with Gasteiger partial charge in [0.25, 0.3) is 0 Å². The molecule has 0 unspecified atom stereocenters. The zero-order chi connectivity index (χ0) is 13.4. The fourth-order valence-corrected chi connectivity index (χ4v) is 1.39. The van der Waals surface area contributed by atoms with Crippen molar-refractivity contribution in [2.45, 2.75) is 20.4 Å². The molecule has 2 rings (SSSR count). The molecule has 1 aromatic carbocycles. The van der Waals surface area contributed by atoms with Crippen LogP contribution in [-0.4, -0.2) is 15.0 Å². The monoisotopic (exact) mass is 265 g/mol. The van der Waals surface area contributed by atoms with E-state index in [1.165, 1.54) is 0 Å². The summed E-state index contributed by atoms with van der Waals surface area (Å²) in [6.45, 7) is 4.61. The summed E-state index contributed by atoms with van der Waals surface area (Å²) in [5.74, 6) is 0.483. The molecule has 0 aliphatic carbocycles. The number of nitrogen functional groups attached to an aromatic ring is 1. The first-order chi connectivity index (χ1) is 8.74. The summed E-state index contributed by atoms with van der Waals surface area (Å²) in [4.78, 5) is 11.5. The van der Waals surface area contributed by atoms with E-state index in [9.17, 15) is 0 Å². The molecule has 0 saturated carbocycles. The summed E-state index contributed by atoms with van der Waals surface area (Å²) in [5, 5.41) is 3.10. The smallest absolute Gasteiger partial charge is 0.229 e. The Bertz CT molecular complexity index is 455. The number of nitrogens with two attached hydrogens (primary N) is 1. The second-order valence-corrected chi connectivity index (χ2v) is 3.46. The highest BCUT2D eigenvalue weighted by molar-refractivity contribution is 6.28. The first kappa shape index (κ1) is 14.2. The molecule has 0 spiro atoms. The van der Waals surface area contributed by atoms with Crippen molar-refractivity contribution < 1.29 is 0 Å². The van der Waals surface area contributed by atoms with Crippen molar-refractivity contribution in [2.75, 3.05) is 11.1 Å². The van der Waals surface area contributed by atoms with Crippen LogP contribution in [0.15, 0.2) is 30.3 Å². The van der Waals surface area contributed by atoms with Crippen LogP contribution in [0.1, 0.15) is 19.4 Å². The fraction of sp³-hybridized carbons (Fsp3) is 0.250. The molecular formula is C12H16ClN5. The van der Waals surface area contributed by atoms with Crippen molar-refractivity contribution >= 4 is 23.5 Å². The second kappa shape index (κ2) is 7.45. The largest absolute Gasteiger partial charge is 0.368 e. The Labute approximate surface area is 111 Å². The molecule has 0 amide bonds. The Morgan fingerprint density at radius 2 is 1.78 bits per heavy atom. The van der Waals surface area contributed by atoms with Crippen molar-refractivity contribution in [3.8, 4) is 0 Å². The molecule has 6 heteroatoms. The molecular weight excluding hydrogens is 250 g/mol. The van der Waals surface area contributed by atoms with E-state index in [0.29, 0.717) is 12.5 Å². The Kier molecular flexibility index (Phi) is 5.87. The van der Waals surface area contributed by atoms with E-state index in [1.807, 2.05) is 44.2 Å². The van der Waals surface area contributed by atoms with E-state index in [1.54, 1.807) is 0 Å². The Balaban J connectivity index is 0.000000771. The molecule has 0 atom stereocenters. The second-order valence-electron chi connectivity index (χ2n) is 3.13. The number of nitrogens with zero attached hydrogens (tertiary/aromatic N) is 3. The normalized spacial score (nSPS) is 9.28. The van der Waals surface area contributed by atoms with E-state index in [-0.39, 0.29) is 11.2 Å². The lowest BCUT2D eigenvalue weighted by Gasteiger charge is -2.04. The molecule has 5 nitrogen and oxygen atoms in total. The predicted molar refractivity (Wildman–Crippen MR) is 74.4 cm³/mol. The minimum atomic E-state index is 0.0862. The summed E-state index contributed by atoms with van der Waals surface area (Å²) in [6, 6.07) is 9.89. The van der Waals surface area contributed by atoms with Crippen LogP contribution in [0, 0.1) is 0 Å². The average molecular weight is 266 g/mol. The third kappa shape index (κ3) is 4.55. The number of rotatable bonds is 3. The standard InChI is InChI=1S/C10H10ClN5.C2H6/c11-8-14-9(12)16-10(15-8)13-6-7-4-2-1-3-5-7;1-2/h1-5H,6H2,(H3,12,13,14,15,16);1-2H3. The van der Waals surface area contributed by atoms with Gasteiger partial charge in [0.15, 0.2) is 0 Å². The molecule has 0 radical (unpaired) electrons. The van der Waals surface area contributed by atoms with Crippen LogP contribution in [0.25, 0.3) is 0 Å². The van der Waals surface area contributed by atoms with Crippen LogP contribution in [-0.2, 0) is 6.54 Å². The first-order valence-corrected chi connectivity index (χ1v) is 6.07. The molecule has 0 bridgehead atoms. The lowest BCUT2D eigenvalue weighted by atomic mass is 10.2. The van der Waals surface area contributed by atoms with Crippen molar-refractivity contribution in [3.05, 3.63) is 41.2 Å². The van der Waals surface area contributed by atoms with Gasteiger partial charge in [0.05, 0.1) is 0 Å². The van der Waals surface area contributed by atoms with Crippen LogP contribution >= 0.6 is 11.6 Å². The molecule has 96 valence electrons. The number of benzene rings is 1. The SMILES string of the molecule is CC.Nc1nc(Cl)nc(NCc2ccccc2)n1. The molecule has 3 N–H and O–H groups in total. The van der Waals surface area contributed by atoms with Gasteiger partial charge in [-0.3, -0.25) is 0 Å². The van der Waals surface area contributed by atoms with E-state index in [2.05, 4.69) is 20.3 Å². The number of nitrogens with one attached hydrogen (secondary N) is 1. The van der Waals surface area contributed by atoms with E-state index in [0.717, 1.165) is 5.56 Å². The maximum absolute atomic E-state index is 5.65. The maximum Gasteiger partial charge on any atom is 0.229 e. The van der Waals surface area contributed by atoms with Crippen molar-refractivity contribution in [2.24, 2.45) is 0 Å². The summed E-state index contributed by atoms with van der Waals surface area (Å²) in [5.41, 5.74) is 6.56. The Morgan fingerprint density at radius 3 is 2.39 bits per heavy atom. The highest BCUT2D eigenvalue weighted by atomic mass is 35.5. The fourth-order valence-electron chi connectivity index (χ4n) is 1.22. The Morgan fingerprint density at radius 1 is 1.11 bits per heavy atom. The van der Waals surface area contributed by atoms with E-state index >= 15 is 0 Å². The third-order valence-corrected chi connectivity index (χ3v) is 2.09. The maximum atomic E-state index is 5.65. The van der Waals surface area contributed by atoms with Crippen molar-refractivity contribution in [1.82, 2.24) is 15.0 Å². The average Bonchev–Trinajstić information content (AvgIpc) is 2.39. The summed E-state index contributed by atoms with van der Waals surface area (Å²) >= 11 is 5.65. The lowest BCUT2D eigenvalue weighted by molar-refractivity contribution is 1.01. The molecule has 18 heavy (non-hydrogen) atoms. The minimum absolute atomic E-state index is 0.0862. The van der Waals surface area contributed by atoms with Crippen LogP contribution in [0.2, 0.25) is 5.28 Å². The predicted octanol–water partition coefficient (Wildman–Crippen LogP) is 2.75. The van der Waals surface area contributed by atoms with Gasteiger partial charge in [0.2, 0.25) is 17.2 Å². The molecule has 0 fully saturated rings. The summed E-state index contributed by atoms with van der Waals surface area (Å²) in [7, 11) is 0. The van der Waals surface area contributed by atoms with Gasteiger partial charge in [-0.2, -0.15) is 15.0 Å². The molecule has 0 aliphatic rings. The minimum Gasteiger partial charge on any atom is -0.368 e. The van der Waals surface area contributed by atoms with Crippen LogP contribution in [0.3, 0.4) is 0 Å². The highest BCUT2D eigenvalue weighted by Gasteiger charge is 2.01. The van der Waals surface area contributed by atoms with Gasteiger partial charge in [0, 0.05) is 6.54 Å². The lowest BCUT2D eigenvalue weighted by Crippen LogP contribution is -2.06. The Hall–Kier alpha value is -1.88. The van der Waals surface area contributed by atoms with Crippen molar-refractivity contribution in [1.29, 1.82) is 0 Å². The van der Waals surface area contributed by atoms with Gasteiger partial charge in [0.1, 0.15) is 0 Å². The third-order valence-electron chi connectivity index (χ3n) is 1.92. The number of halogens is 1. The van der Waals surface area contributed by atoms with Gasteiger partial charge in [-0.25, -0.2) is 0 Å². The molecule has 1 aromatic heterocycles. The number of anilines is 2. The number of hydrogen-bond donors (Lipinski definition) is 2. The number of aromatic nitrogens is 3. The molecule has 2 aromatic rings. The van der Waals surface area contributed by atoms with Gasteiger partial charge >= 0.3 is 0 Å². The molecule has 0 aliphatic heterocycles. The van der Waals surface area contributed by atoms with Gasteiger partial charge in [-0.05, 0) is 17.2 Å². The van der Waals surface area contributed by atoms with Crippen molar-refractivity contribution in [3.63, 3.8) is 0 Å². The molecule has 1 heterocycles. The van der Waals surface area contributed by atoms with Crippen LogP contribution in [0.4, 0.5) is 11.9 Å². The van der Waals surface area contributed by atoms with E-state index < -0.39 is 0 Å². The van der Waals surface area contributed by atoms with Gasteiger partial charge < -0.3 is 11.1 Å². The quantitative estimate of drug-likeness (QED) is 0.892. The zero-order valence-electron chi connectivity index (χ0n) is 10.4. The first-order valence-electron chi connectivity index (χ1n) is 5.69. The van der Waals surface area contributed by atoms with Gasteiger partial charge in [-0.1, -0.05) is 44.2 Å². The topological polar surface area (TPSA) is 76.7 Å². The van der Waals surface area contributed by atoms with Crippen LogP contribution < -0.4 is 11.1 Å².